The number of pyridine rings is 1. The molecule has 2 heterocycles. The van der Waals surface area contributed by atoms with E-state index in [1.807, 2.05) is 30.0 Å². The molecule has 5 heteroatoms. The first kappa shape index (κ1) is 16.6. The Hall–Kier alpha value is -1.78. The number of aryl methyl sites for hydroxylation is 1. The maximum Gasteiger partial charge on any atom is 0.317 e. The summed E-state index contributed by atoms with van der Waals surface area (Å²) >= 11 is 0. The van der Waals surface area contributed by atoms with Crippen LogP contribution in [0.15, 0.2) is 18.2 Å². The molecule has 122 valence electrons. The Labute approximate surface area is 133 Å². The molecule has 1 aliphatic rings. The molecule has 0 radical (unpaired) electrons. The normalized spacial score (nSPS) is 18.4. The molecule has 22 heavy (non-hydrogen) atoms. The summed E-state index contributed by atoms with van der Waals surface area (Å²) < 4.78 is 5.78. The van der Waals surface area contributed by atoms with E-state index in [0.29, 0.717) is 24.3 Å². The first-order valence-electron chi connectivity index (χ1n) is 8.14. The monoisotopic (exact) mass is 305 g/mol. The summed E-state index contributed by atoms with van der Waals surface area (Å²) in [6, 6.07) is 5.83. The largest absolute Gasteiger partial charge is 0.477 e. The van der Waals surface area contributed by atoms with Crippen molar-refractivity contribution in [1.82, 2.24) is 15.2 Å². The fraction of sp³-hybridized carbons (Fsp3) is 0.647. The molecule has 1 atom stereocenters. The number of urea groups is 1. The molecule has 1 saturated heterocycles. The summed E-state index contributed by atoms with van der Waals surface area (Å²) in [4.78, 5) is 18.4. The fourth-order valence-corrected chi connectivity index (χ4v) is 2.59. The minimum absolute atomic E-state index is 0.0482. The third kappa shape index (κ3) is 5.20. The molecule has 1 aromatic heterocycles. The van der Waals surface area contributed by atoms with Crippen LogP contribution in [0.25, 0.3) is 0 Å². The quantitative estimate of drug-likeness (QED) is 0.910. The van der Waals surface area contributed by atoms with E-state index in [-0.39, 0.29) is 6.03 Å². The van der Waals surface area contributed by atoms with Gasteiger partial charge in [-0.2, -0.15) is 0 Å². The molecule has 0 aliphatic carbocycles. The summed E-state index contributed by atoms with van der Waals surface area (Å²) in [6.45, 7) is 9.09. The van der Waals surface area contributed by atoms with Gasteiger partial charge < -0.3 is 15.0 Å². The molecule has 1 N–H and O–H groups in total. The van der Waals surface area contributed by atoms with Crippen molar-refractivity contribution in [3.8, 4) is 5.88 Å². The van der Waals surface area contributed by atoms with E-state index in [0.717, 1.165) is 38.2 Å². The van der Waals surface area contributed by atoms with Crippen LogP contribution in [0.3, 0.4) is 0 Å². The average molecular weight is 305 g/mol. The number of likely N-dealkylation sites (tertiary alicyclic amines) is 1. The maximum atomic E-state index is 12.1. The Kier molecular flexibility index (Phi) is 6.04. The first-order chi connectivity index (χ1) is 10.5. The van der Waals surface area contributed by atoms with E-state index in [4.69, 9.17) is 4.74 Å². The number of ether oxygens (including phenoxy) is 1. The van der Waals surface area contributed by atoms with Crippen molar-refractivity contribution in [3.05, 3.63) is 23.9 Å². The van der Waals surface area contributed by atoms with Crippen LogP contribution in [0.1, 0.15) is 32.4 Å². The topological polar surface area (TPSA) is 54.5 Å². The smallest absolute Gasteiger partial charge is 0.317 e. The van der Waals surface area contributed by atoms with Gasteiger partial charge in [0.25, 0.3) is 0 Å². The highest BCUT2D eigenvalue weighted by Crippen LogP contribution is 2.18. The van der Waals surface area contributed by atoms with Gasteiger partial charge in [0.15, 0.2) is 0 Å². The lowest BCUT2D eigenvalue weighted by molar-refractivity contribution is 0.135. The number of aromatic nitrogens is 1. The molecular weight excluding hydrogens is 278 g/mol. The Morgan fingerprint density at radius 3 is 3.05 bits per heavy atom. The van der Waals surface area contributed by atoms with Crippen LogP contribution in [0.5, 0.6) is 5.88 Å². The minimum Gasteiger partial charge on any atom is -0.477 e. The van der Waals surface area contributed by atoms with Gasteiger partial charge in [0.2, 0.25) is 5.88 Å². The van der Waals surface area contributed by atoms with Crippen molar-refractivity contribution in [2.24, 2.45) is 11.8 Å². The van der Waals surface area contributed by atoms with Crippen molar-refractivity contribution in [2.75, 3.05) is 26.2 Å². The van der Waals surface area contributed by atoms with Gasteiger partial charge in [-0.05, 0) is 31.7 Å². The molecule has 0 bridgehead atoms. The van der Waals surface area contributed by atoms with E-state index in [1.54, 1.807) is 0 Å². The highest BCUT2D eigenvalue weighted by Gasteiger charge is 2.24. The predicted molar refractivity (Wildman–Crippen MR) is 87.0 cm³/mol. The molecule has 0 aromatic carbocycles. The standard InChI is InChI=1S/C17H27N3O2/c1-13(2)10-18-17(21)20-9-5-7-15(11-20)12-22-16-8-4-6-14(3)19-16/h4,6,8,13,15H,5,7,9-12H2,1-3H3,(H,18,21). The van der Waals surface area contributed by atoms with Gasteiger partial charge in [-0.1, -0.05) is 19.9 Å². The van der Waals surface area contributed by atoms with Gasteiger partial charge in [-0.3, -0.25) is 0 Å². The Morgan fingerprint density at radius 1 is 1.50 bits per heavy atom. The molecule has 1 aromatic rings. The van der Waals surface area contributed by atoms with Gasteiger partial charge in [0, 0.05) is 37.3 Å². The van der Waals surface area contributed by atoms with Crippen LogP contribution < -0.4 is 10.1 Å². The second-order valence-electron chi connectivity index (χ2n) is 6.46. The zero-order valence-electron chi connectivity index (χ0n) is 13.8. The van der Waals surface area contributed by atoms with E-state index >= 15 is 0 Å². The van der Waals surface area contributed by atoms with Crippen molar-refractivity contribution in [3.63, 3.8) is 0 Å². The van der Waals surface area contributed by atoms with Crippen molar-refractivity contribution >= 4 is 6.03 Å². The van der Waals surface area contributed by atoms with Crippen LogP contribution in [0, 0.1) is 18.8 Å². The second kappa shape index (κ2) is 8.01. The lowest BCUT2D eigenvalue weighted by Gasteiger charge is -2.32. The summed E-state index contributed by atoms with van der Waals surface area (Å²) in [5, 5.41) is 2.99. The lowest BCUT2D eigenvalue weighted by atomic mass is 9.99. The number of carbonyl (C=O) groups is 1. The van der Waals surface area contributed by atoms with Gasteiger partial charge in [-0.25, -0.2) is 9.78 Å². The van der Waals surface area contributed by atoms with Crippen molar-refractivity contribution in [2.45, 2.75) is 33.6 Å². The molecule has 0 saturated carbocycles. The number of carbonyl (C=O) groups excluding carboxylic acids is 1. The zero-order chi connectivity index (χ0) is 15.9. The Balaban J connectivity index is 1.79. The average Bonchev–Trinajstić information content (AvgIpc) is 2.51. The van der Waals surface area contributed by atoms with Crippen LogP contribution in [0.2, 0.25) is 0 Å². The number of piperidine rings is 1. The number of hydrogen-bond acceptors (Lipinski definition) is 3. The van der Waals surface area contributed by atoms with Crippen molar-refractivity contribution < 1.29 is 9.53 Å². The highest BCUT2D eigenvalue weighted by atomic mass is 16.5. The van der Waals surface area contributed by atoms with Crippen molar-refractivity contribution in [1.29, 1.82) is 0 Å². The lowest BCUT2D eigenvalue weighted by Crippen LogP contribution is -2.47. The molecule has 1 fully saturated rings. The van der Waals surface area contributed by atoms with E-state index in [9.17, 15) is 4.79 Å². The maximum absolute atomic E-state index is 12.1. The van der Waals surface area contributed by atoms with Crippen LogP contribution in [-0.4, -0.2) is 42.2 Å². The van der Waals surface area contributed by atoms with E-state index < -0.39 is 0 Å². The Bertz CT molecular complexity index is 491. The predicted octanol–water partition coefficient (Wildman–Crippen LogP) is 2.85. The zero-order valence-corrected chi connectivity index (χ0v) is 13.8. The highest BCUT2D eigenvalue weighted by molar-refractivity contribution is 5.74. The second-order valence-corrected chi connectivity index (χ2v) is 6.46. The van der Waals surface area contributed by atoms with Gasteiger partial charge >= 0.3 is 6.03 Å². The fourth-order valence-electron chi connectivity index (χ4n) is 2.59. The minimum atomic E-state index is 0.0482. The third-order valence-corrected chi connectivity index (χ3v) is 3.80. The number of rotatable bonds is 5. The molecule has 2 amide bonds. The van der Waals surface area contributed by atoms with E-state index in [2.05, 4.69) is 24.1 Å². The first-order valence-corrected chi connectivity index (χ1v) is 8.14. The molecule has 2 rings (SSSR count). The molecule has 1 unspecified atom stereocenters. The van der Waals surface area contributed by atoms with E-state index in [1.165, 1.54) is 0 Å². The SMILES string of the molecule is Cc1cccc(OCC2CCCN(C(=O)NCC(C)C)C2)n1. The molecule has 1 aliphatic heterocycles. The summed E-state index contributed by atoms with van der Waals surface area (Å²) in [5.74, 6) is 1.52. The van der Waals surface area contributed by atoms with Gasteiger partial charge in [0.05, 0.1) is 6.61 Å². The number of nitrogens with one attached hydrogen (secondary N) is 1. The molecule has 5 nitrogen and oxygen atoms in total. The third-order valence-electron chi connectivity index (χ3n) is 3.80. The van der Waals surface area contributed by atoms with Gasteiger partial charge in [0.1, 0.15) is 0 Å². The molecule has 0 spiro atoms. The van der Waals surface area contributed by atoms with Crippen LogP contribution >= 0.6 is 0 Å². The number of amides is 2. The summed E-state index contributed by atoms with van der Waals surface area (Å²) in [7, 11) is 0. The number of hydrogen-bond donors (Lipinski definition) is 1. The van der Waals surface area contributed by atoms with Gasteiger partial charge in [-0.15, -0.1) is 0 Å². The van der Waals surface area contributed by atoms with Crippen LogP contribution in [0.4, 0.5) is 4.79 Å². The summed E-state index contributed by atoms with van der Waals surface area (Å²) in [6.07, 6.45) is 2.13. The summed E-state index contributed by atoms with van der Waals surface area (Å²) in [5.41, 5.74) is 0.954. The molecular formula is C17H27N3O2. The number of nitrogens with zero attached hydrogens (tertiary/aromatic N) is 2. The Morgan fingerprint density at radius 2 is 2.32 bits per heavy atom. The van der Waals surface area contributed by atoms with Crippen LogP contribution in [-0.2, 0) is 0 Å².